The highest BCUT2D eigenvalue weighted by atomic mass is 35.5. The molecule has 1 fully saturated rings. The summed E-state index contributed by atoms with van der Waals surface area (Å²) in [7, 11) is -3.78. The third kappa shape index (κ3) is 4.44. The lowest BCUT2D eigenvalue weighted by Gasteiger charge is -2.30. The summed E-state index contributed by atoms with van der Waals surface area (Å²) in [6.45, 7) is 2.37. The van der Waals surface area contributed by atoms with Gasteiger partial charge in [-0.25, -0.2) is 8.42 Å². The van der Waals surface area contributed by atoms with Crippen molar-refractivity contribution in [3.05, 3.63) is 47.0 Å². The minimum absolute atomic E-state index is 0.0209. The van der Waals surface area contributed by atoms with Gasteiger partial charge in [0.05, 0.1) is 23.8 Å². The lowest BCUT2D eigenvalue weighted by atomic mass is 10.2. The highest BCUT2D eigenvalue weighted by molar-refractivity contribution is 7.89. The zero-order chi connectivity index (χ0) is 22.9. The number of hydrogen-bond donors (Lipinski definition) is 1. The van der Waals surface area contributed by atoms with Crippen LogP contribution < -0.4 is 15.0 Å². The monoisotopic (exact) mass is 479 g/mol. The van der Waals surface area contributed by atoms with Crippen LogP contribution in [0.25, 0.3) is 0 Å². The van der Waals surface area contributed by atoms with Crippen molar-refractivity contribution in [3.63, 3.8) is 0 Å². The fraction of sp³-hybridized carbons (Fsp3) is 0.333. The van der Waals surface area contributed by atoms with E-state index in [-0.39, 0.29) is 36.8 Å². The van der Waals surface area contributed by atoms with Gasteiger partial charge in [-0.15, -0.1) is 0 Å². The molecular formula is C21H22ClN3O6S. The Morgan fingerprint density at radius 2 is 1.94 bits per heavy atom. The molecule has 0 aliphatic carbocycles. The van der Waals surface area contributed by atoms with Crippen molar-refractivity contribution in [2.75, 3.05) is 49.7 Å². The van der Waals surface area contributed by atoms with E-state index in [2.05, 4.69) is 5.32 Å². The van der Waals surface area contributed by atoms with Gasteiger partial charge in [0.15, 0.2) is 6.61 Å². The molecule has 0 unspecified atom stereocenters. The summed E-state index contributed by atoms with van der Waals surface area (Å²) >= 11 is 6.10. The zero-order valence-electron chi connectivity index (χ0n) is 17.3. The van der Waals surface area contributed by atoms with Gasteiger partial charge in [0.2, 0.25) is 15.9 Å². The van der Waals surface area contributed by atoms with Gasteiger partial charge in [-0.05, 0) is 42.8 Å². The highest BCUT2D eigenvalue weighted by Crippen LogP contribution is 2.35. The zero-order valence-corrected chi connectivity index (χ0v) is 18.9. The predicted molar refractivity (Wildman–Crippen MR) is 119 cm³/mol. The van der Waals surface area contributed by atoms with E-state index in [1.54, 1.807) is 25.1 Å². The van der Waals surface area contributed by atoms with Crippen LogP contribution in [0.1, 0.15) is 5.56 Å². The van der Waals surface area contributed by atoms with Crippen molar-refractivity contribution < 1.29 is 27.5 Å². The molecule has 9 nitrogen and oxygen atoms in total. The predicted octanol–water partition coefficient (Wildman–Crippen LogP) is 2.03. The summed E-state index contributed by atoms with van der Waals surface area (Å²) < 4.78 is 38.1. The van der Waals surface area contributed by atoms with Crippen molar-refractivity contribution >= 4 is 44.8 Å². The van der Waals surface area contributed by atoms with E-state index in [0.29, 0.717) is 35.2 Å². The first kappa shape index (κ1) is 22.5. The van der Waals surface area contributed by atoms with Crippen LogP contribution in [0.3, 0.4) is 0 Å². The first-order valence-corrected chi connectivity index (χ1v) is 11.8. The summed E-state index contributed by atoms with van der Waals surface area (Å²) in [5.41, 5.74) is 1.47. The number of ether oxygens (including phenoxy) is 2. The van der Waals surface area contributed by atoms with Gasteiger partial charge in [0.25, 0.3) is 5.91 Å². The molecular weight excluding hydrogens is 458 g/mol. The lowest BCUT2D eigenvalue weighted by Crippen LogP contribution is -2.44. The number of nitrogens with zero attached hydrogens (tertiary/aromatic N) is 2. The molecule has 4 rings (SSSR count). The van der Waals surface area contributed by atoms with E-state index in [0.717, 1.165) is 0 Å². The second-order valence-corrected chi connectivity index (χ2v) is 9.72. The van der Waals surface area contributed by atoms with Gasteiger partial charge in [0, 0.05) is 23.8 Å². The topological polar surface area (TPSA) is 105 Å². The van der Waals surface area contributed by atoms with E-state index in [9.17, 15) is 18.0 Å². The molecule has 1 N–H and O–H groups in total. The maximum absolute atomic E-state index is 13.0. The van der Waals surface area contributed by atoms with Crippen molar-refractivity contribution in [2.45, 2.75) is 11.8 Å². The van der Waals surface area contributed by atoms with E-state index in [4.69, 9.17) is 21.1 Å². The summed E-state index contributed by atoms with van der Waals surface area (Å²) in [6.07, 6.45) is 0. The third-order valence-corrected chi connectivity index (χ3v) is 7.63. The number of carbonyl (C=O) groups is 2. The highest BCUT2D eigenvalue weighted by Gasteiger charge is 2.32. The van der Waals surface area contributed by atoms with E-state index in [1.165, 1.54) is 27.4 Å². The number of carbonyl (C=O) groups excluding carboxylic acids is 2. The average Bonchev–Trinajstić information content (AvgIpc) is 2.79. The minimum Gasteiger partial charge on any atom is -0.482 e. The SMILES string of the molecule is Cc1c(Cl)cccc1NC(=O)CN1C(=O)COc2ccc(S(=O)(=O)N3CCOCC3)cc21. The first-order valence-electron chi connectivity index (χ1n) is 9.97. The fourth-order valence-corrected chi connectivity index (χ4v) is 5.13. The van der Waals surface area contributed by atoms with Crippen LogP contribution in [0.2, 0.25) is 5.02 Å². The standard InChI is InChI=1S/C21H22ClN3O6S/c1-14-16(22)3-2-4-17(14)23-20(26)12-25-18-11-15(5-6-19(18)31-13-21(25)27)32(28,29)24-7-9-30-10-8-24/h2-6,11H,7-10,12-13H2,1H3,(H,23,26). The van der Waals surface area contributed by atoms with Crippen molar-refractivity contribution in [3.8, 4) is 5.75 Å². The molecule has 0 spiro atoms. The van der Waals surface area contributed by atoms with Crippen LogP contribution in [0.5, 0.6) is 5.75 Å². The summed E-state index contributed by atoms with van der Waals surface area (Å²) in [5, 5.41) is 3.26. The van der Waals surface area contributed by atoms with Crippen molar-refractivity contribution in [1.29, 1.82) is 0 Å². The van der Waals surface area contributed by atoms with Crippen molar-refractivity contribution in [1.82, 2.24) is 4.31 Å². The quantitative estimate of drug-likeness (QED) is 0.703. The minimum atomic E-state index is -3.78. The molecule has 2 aliphatic rings. The van der Waals surface area contributed by atoms with Crippen LogP contribution in [-0.2, 0) is 24.3 Å². The molecule has 2 heterocycles. The smallest absolute Gasteiger partial charge is 0.265 e. The Balaban J connectivity index is 1.59. The Hall–Kier alpha value is -2.66. The maximum Gasteiger partial charge on any atom is 0.265 e. The number of halogens is 1. The molecule has 0 saturated carbocycles. The largest absolute Gasteiger partial charge is 0.482 e. The Bertz CT molecular complexity index is 1160. The van der Waals surface area contributed by atoms with E-state index < -0.39 is 21.8 Å². The van der Waals surface area contributed by atoms with Crippen LogP contribution >= 0.6 is 11.6 Å². The Labute approximate surface area is 190 Å². The second kappa shape index (κ2) is 9.07. The molecule has 0 radical (unpaired) electrons. The van der Waals surface area contributed by atoms with Gasteiger partial charge < -0.3 is 14.8 Å². The van der Waals surface area contributed by atoms with E-state index >= 15 is 0 Å². The van der Waals surface area contributed by atoms with E-state index in [1.807, 2.05) is 0 Å². The summed E-state index contributed by atoms with van der Waals surface area (Å²) in [5.74, 6) is -0.563. The number of sulfonamides is 1. The van der Waals surface area contributed by atoms with Gasteiger partial charge >= 0.3 is 0 Å². The fourth-order valence-electron chi connectivity index (χ4n) is 3.53. The Morgan fingerprint density at radius 3 is 2.69 bits per heavy atom. The number of amides is 2. The summed E-state index contributed by atoms with van der Waals surface area (Å²) in [4.78, 5) is 26.5. The summed E-state index contributed by atoms with van der Waals surface area (Å²) in [6, 6.07) is 9.44. The van der Waals surface area contributed by atoms with Gasteiger partial charge in [-0.1, -0.05) is 17.7 Å². The number of anilines is 2. The van der Waals surface area contributed by atoms with Crippen LogP contribution in [0, 0.1) is 6.92 Å². The number of benzene rings is 2. The second-order valence-electron chi connectivity index (χ2n) is 7.38. The molecule has 0 aromatic heterocycles. The molecule has 170 valence electrons. The molecule has 2 aliphatic heterocycles. The van der Waals surface area contributed by atoms with Gasteiger partial charge in [0.1, 0.15) is 12.3 Å². The van der Waals surface area contributed by atoms with Crippen LogP contribution in [0.4, 0.5) is 11.4 Å². The normalized spacial score (nSPS) is 16.9. The lowest BCUT2D eigenvalue weighted by molar-refractivity contribution is -0.123. The van der Waals surface area contributed by atoms with Gasteiger partial charge in [-0.2, -0.15) is 4.31 Å². The Morgan fingerprint density at radius 1 is 1.19 bits per heavy atom. The maximum atomic E-state index is 13.0. The third-order valence-electron chi connectivity index (χ3n) is 5.32. The molecule has 0 atom stereocenters. The van der Waals surface area contributed by atoms with Crippen molar-refractivity contribution in [2.24, 2.45) is 0 Å². The number of nitrogens with one attached hydrogen (secondary N) is 1. The number of hydrogen-bond acceptors (Lipinski definition) is 6. The molecule has 1 saturated heterocycles. The van der Waals surface area contributed by atoms with Crippen LogP contribution in [-0.4, -0.2) is 64.0 Å². The molecule has 2 aromatic rings. The molecule has 2 aromatic carbocycles. The number of fused-ring (bicyclic) bond motifs is 1. The molecule has 2 amide bonds. The van der Waals surface area contributed by atoms with Crippen LogP contribution in [0.15, 0.2) is 41.3 Å². The molecule has 32 heavy (non-hydrogen) atoms. The average molecular weight is 480 g/mol. The molecule has 0 bridgehead atoms. The van der Waals surface area contributed by atoms with Gasteiger partial charge in [-0.3, -0.25) is 14.5 Å². The Kier molecular flexibility index (Phi) is 6.38. The number of morpholine rings is 1. The number of rotatable bonds is 5. The molecule has 11 heteroatoms. The first-order chi connectivity index (χ1) is 15.3.